The summed E-state index contributed by atoms with van der Waals surface area (Å²) in [5.74, 6) is 1.15. The summed E-state index contributed by atoms with van der Waals surface area (Å²) >= 11 is 0. The molecule has 1 amide bonds. The van der Waals surface area contributed by atoms with Gasteiger partial charge in [-0.15, -0.1) is 0 Å². The molecule has 0 saturated carbocycles. The van der Waals surface area contributed by atoms with Crippen LogP contribution in [-0.4, -0.2) is 10.9 Å². The summed E-state index contributed by atoms with van der Waals surface area (Å²) in [5, 5.41) is 2.94. The van der Waals surface area contributed by atoms with Crippen molar-refractivity contribution in [3.8, 4) is 0 Å². The predicted molar refractivity (Wildman–Crippen MR) is 81.7 cm³/mol. The van der Waals surface area contributed by atoms with Crippen LogP contribution >= 0.6 is 0 Å². The molecule has 112 valence electrons. The van der Waals surface area contributed by atoms with Gasteiger partial charge in [0.2, 0.25) is 11.8 Å². The van der Waals surface area contributed by atoms with E-state index in [1.807, 2.05) is 39.8 Å². The minimum atomic E-state index is -0.663. The molecule has 0 spiro atoms. The first-order valence-corrected chi connectivity index (χ1v) is 6.90. The van der Waals surface area contributed by atoms with E-state index >= 15 is 0 Å². The Labute approximate surface area is 124 Å². The topological polar surface area (TPSA) is 81.2 Å². The number of carbonyl (C=O) groups excluding carboxylic acids is 1. The standard InChI is InChI=1S/C16H21N3O2/c1-10-9-18-14(21-10)11(2)19-15(20)16(3,4)12-5-7-13(17)8-6-12/h5-9,11H,17H2,1-4H3,(H,19,20). The molecule has 0 fully saturated rings. The number of carbonyl (C=O) groups is 1. The van der Waals surface area contributed by atoms with Gasteiger partial charge in [-0.3, -0.25) is 4.79 Å². The third-order valence-corrected chi connectivity index (χ3v) is 3.56. The maximum absolute atomic E-state index is 12.5. The average Bonchev–Trinajstić information content (AvgIpc) is 2.86. The molecule has 2 aromatic rings. The lowest BCUT2D eigenvalue weighted by atomic mass is 9.83. The zero-order valence-electron chi connectivity index (χ0n) is 12.8. The molecular weight excluding hydrogens is 266 g/mol. The quantitative estimate of drug-likeness (QED) is 0.847. The molecule has 1 aromatic heterocycles. The van der Waals surface area contributed by atoms with Crippen molar-refractivity contribution >= 4 is 11.6 Å². The molecule has 0 saturated heterocycles. The SMILES string of the molecule is Cc1cnc(C(C)NC(=O)C(C)(C)c2ccc(N)cc2)o1. The zero-order valence-corrected chi connectivity index (χ0v) is 12.8. The first-order valence-electron chi connectivity index (χ1n) is 6.90. The molecule has 0 aliphatic carbocycles. The first kappa shape index (κ1) is 15.1. The van der Waals surface area contributed by atoms with Crippen molar-refractivity contribution in [3.63, 3.8) is 0 Å². The number of amides is 1. The highest BCUT2D eigenvalue weighted by Gasteiger charge is 2.31. The van der Waals surface area contributed by atoms with Crippen LogP contribution < -0.4 is 11.1 Å². The van der Waals surface area contributed by atoms with Crippen LogP contribution in [0.1, 0.15) is 44.0 Å². The Kier molecular flexibility index (Phi) is 4.02. The Balaban J connectivity index is 2.13. The van der Waals surface area contributed by atoms with Gasteiger partial charge in [0.05, 0.1) is 11.6 Å². The predicted octanol–water partition coefficient (Wildman–Crippen LogP) is 2.72. The van der Waals surface area contributed by atoms with Crippen molar-refractivity contribution < 1.29 is 9.21 Å². The summed E-state index contributed by atoms with van der Waals surface area (Å²) in [7, 11) is 0. The van der Waals surface area contributed by atoms with Crippen LogP contribution in [0.15, 0.2) is 34.9 Å². The van der Waals surface area contributed by atoms with Crippen molar-refractivity contribution in [1.29, 1.82) is 0 Å². The van der Waals surface area contributed by atoms with Crippen molar-refractivity contribution in [1.82, 2.24) is 10.3 Å². The van der Waals surface area contributed by atoms with Crippen LogP contribution in [0.25, 0.3) is 0 Å². The number of nitrogens with two attached hydrogens (primary N) is 1. The maximum Gasteiger partial charge on any atom is 0.230 e. The lowest BCUT2D eigenvalue weighted by Crippen LogP contribution is -2.41. The Bertz CT molecular complexity index is 629. The normalized spacial score (nSPS) is 13.0. The summed E-state index contributed by atoms with van der Waals surface area (Å²) in [6, 6.07) is 7.06. The van der Waals surface area contributed by atoms with Crippen molar-refractivity contribution in [3.05, 3.63) is 47.7 Å². The summed E-state index contributed by atoms with van der Waals surface area (Å²) in [6.07, 6.45) is 1.64. The Morgan fingerprint density at radius 1 is 1.33 bits per heavy atom. The van der Waals surface area contributed by atoms with E-state index in [-0.39, 0.29) is 11.9 Å². The van der Waals surface area contributed by atoms with Gasteiger partial charge in [0.1, 0.15) is 11.8 Å². The molecule has 21 heavy (non-hydrogen) atoms. The number of nitrogens with zero attached hydrogens (tertiary/aromatic N) is 1. The number of hydrogen-bond acceptors (Lipinski definition) is 4. The van der Waals surface area contributed by atoms with E-state index in [0.29, 0.717) is 11.6 Å². The Morgan fingerprint density at radius 3 is 2.48 bits per heavy atom. The molecule has 1 unspecified atom stereocenters. The number of rotatable bonds is 4. The average molecular weight is 287 g/mol. The van der Waals surface area contributed by atoms with Gasteiger partial charge >= 0.3 is 0 Å². The number of aryl methyl sites for hydroxylation is 1. The molecule has 0 aliphatic rings. The van der Waals surface area contributed by atoms with Crippen LogP contribution in [0, 0.1) is 6.92 Å². The Hall–Kier alpha value is -2.30. The van der Waals surface area contributed by atoms with Crippen LogP contribution in [-0.2, 0) is 10.2 Å². The molecule has 2 rings (SSSR count). The summed E-state index contributed by atoms with van der Waals surface area (Å²) < 4.78 is 5.44. The first-order chi connectivity index (χ1) is 9.80. The number of aromatic nitrogens is 1. The second kappa shape index (κ2) is 5.60. The fraction of sp³-hybridized carbons (Fsp3) is 0.375. The minimum absolute atomic E-state index is 0.0874. The second-order valence-corrected chi connectivity index (χ2v) is 5.75. The van der Waals surface area contributed by atoms with Gasteiger partial charge in [-0.25, -0.2) is 4.98 Å². The third kappa shape index (κ3) is 3.24. The second-order valence-electron chi connectivity index (χ2n) is 5.75. The van der Waals surface area contributed by atoms with Gasteiger partial charge in [0.15, 0.2) is 0 Å². The largest absolute Gasteiger partial charge is 0.444 e. The maximum atomic E-state index is 12.5. The van der Waals surface area contributed by atoms with Crippen molar-refractivity contribution in [2.24, 2.45) is 0 Å². The zero-order chi connectivity index (χ0) is 15.6. The highest BCUT2D eigenvalue weighted by atomic mass is 16.4. The molecule has 1 aromatic carbocycles. The fourth-order valence-electron chi connectivity index (χ4n) is 2.04. The van der Waals surface area contributed by atoms with E-state index in [0.717, 1.165) is 11.3 Å². The summed E-state index contributed by atoms with van der Waals surface area (Å²) in [4.78, 5) is 16.7. The Morgan fingerprint density at radius 2 is 1.95 bits per heavy atom. The van der Waals surface area contributed by atoms with E-state index in [1.54, 1.807) is 18.3 Å². The van der Waals surface area contributed by atoms with Gasteiger partial charge in [0.25, 0.3) is 0 Å². The number of hydrogen-bond donors (Lipinski definition) is 2. The van der Waals surface area contributed by atoms with Gasteiger partial charge in [-0.1, -0.05) is 12.1 Å². The van der Waals surface area contributed by atoms with Gasteiger partial charge in [-0.05, 0) is 45.4 Å². The van der Waals surface area contributed by atoms with E-state index in [2.05, 4.69) is 10.3 Å². The lowest BCUT2D eigenvalue weighted by Gasteiger charge is -2.25. The molecule has 5 heteroatoms. The monoisotopic (exact) mass is 287 g/mol. The minimum Gasteiger partial charge on any atom is -0.444 e. The van der Waals surface area contributed by atoms with Gasteiger partial charge in [0, 0.05) is 5.69 Å². The number of nitrogens with one attached hydrogen (secondary N) is 1. The van der Waals surface area contributed by atoms with Crippen LogP contribution in [0.3, 0.4) is 0 Å². The summed E-state index contributed by atoms with van der Waals surface area (Å²) in [6.45, 7) is 7.42. The van der Waals surface area contributed by atoms with Crippen LogP contribution in [0.2, 0.25) is 0 Å². The number of oxazole rings is 1. The highest BCUT2D eigenvalue weighted by molar-refractivity contribution is 5.87. The number of benzene rings is 1. The highest BCUT2D eigenvalue weighted by Crippen LogP contribution is 2.25. The smallest absolute Gasteiger partial charge is 0.230 e. The molecule has 1 heterocycles. The van der Waals surface area contributed by atoms with Crippen LogP contribution in [0.5, 0.6) is 0 Å². The molecule has 1 atom stereocenters. The van der Waals surface area contributed by atoms with Crippen LogP contribution in [0.4, 0.5) is 5.69 Å². The van der Waals surface area contributed by atoms with Gasteiger partial charge in [-0.2, -0.15) is 0 Å². The van der Waals surface area contributed by atoms with E-state index in [4.69, 9.17) is 10.2 Å². The van der Waals surface area contributed by atoms with Crippen molar-refractivity contribution in [2.45, 2.75) is 39.2 Å². The molecular formula is C16H21N3O2. The lowest BCUT2D eigenvalue weighted by molar-refractivity contribution is -0.126. The number of anilines is 1. The molecule has 0 bridgehead atoms. The number of nitrogen functional groups attached to an aromatic ring is 1. The van der Waals surface area contributed by atoms with E-state index in [9.17, 15) is 4.79 Å². The third-order valence-electron chi connectivity index (χ3n) is 3.56. The van der Waals surface area contributed by atoms with Crippen molar-refractivity contribution in [2.75, 3.05) is 5.73 Å². The molecule has 0 aliphatic heterocycles. The molecule has 0 radical (unpaired) electrons. The van der Waals surface area contributed by atoms with Gasteiger partial charge < -0.3 is 15.5 Å². The van der Waals surface area contributed by atoms with E-state index < -0.39 is 5.41 Å². The fourth-order valence-corrected chi connectivity index (χ4v) is 2.04. The molecule has 5 nitrogen and oxygen atoms in total. The van der Waals surface area contributed by atoms with E-state index in [1.165, 1.54) is 0 Å². The summed E-state index contributed by atoms with van der Waals surface area (Å²) in [5.41, 5.74) is 6.61. The molecule has 3 N–H and O–H groups in total.